The molecule has 0 unspecified atom stereocenters. The van der Waals surface area contributed by atoms with Crippen molar-refractivity contribution in [3.8, 4) is 6.07 Å². The zero-order valence-electron chi connectivity index (χ0n) is 6.77. The summed E-state index contributed by atoms with van der Waals surface area (Å²) in [6, 6.07) is 3.27. The highest BCUT2D eigenvalue weighted by atomic mass is 79.9. The third-order valence-electron chi connectivity index (χ3n) is 1.56. The summed E-state index contributed by atoms with van der Waals surface area (Å²) < 4.78 is 25.2. The molecule has 0 saturated carbocycles. The summed E-state index contributed by atoms with van der Waals surface area (Å²) in [5.74, 6) is 0. The van der Waals surface area contributed by atoms with Gasteiger partial charge in [0.15, 0.2) is 0 Å². The van der Waals surface area contributed by atoms with Gasteiger partial charge in [0, 0.05) is 5.33 Å². The van der Waals surface area contributed by atoms with E-state index in [1.165, 1.54) is 0 Å². The van der Waals surface area contributed by atoms with Crippen LogP contribution in [0.2, 0.25) is 0 Å². The van der Waals surface area contributed by atoms with E-state index in [0.29, 0.717) is 15.5 Å². The zero-order valence-corrected chi connectivity index (χ0v) is 9.94. The average molecular weight is 326 g/mol. The summed E-state index contributed by atoms with van der Waals surface area (Å²) in [6.45, 7) is 0. The maximum absolute atomic E-state index is 12.5. The first-order chi connectivity index (χ1) is 6.60. The Kier molecular flexibility index (Phi) is 3.96. The highest BCUT2D eigenvalue weighted by Crippen LogP contribution is 2.26. The van der Waals surface area contributed by atoms with Crippen LogP contribution in [-0.4, -0.2) is 4.98 Å². The van der Waals surface area contributed by atoms with Crippen molar-refractivity contribution in [2.75, 3.05) is 0 Å². The predicted molar refractivity (Wildman–Crippen MR) is 54.2 cm³/mol. The van der Waals surface area contributed by atoms with Gasteiger partial charge in [-0.2, -0.15) is 5.26 Å². The molecular formula is C8H4Br2F2N2. The van der Waals surface area contributed by atoms with E-state index >= 15 is 0 Å². The molecule has 0 aliphatic rings. The van der Waals surface area contributed by atoms with Crippen LogP contribution in [-0.2, 0) is 5.33 Å². The lowest BCUT2D eigenvalue weighted by molar-refractivity contribution is 0.145. The Morgan fingerprint density at radius 2 is 2.21 bits per heavy atom. The van der Waals surface area contributed by atoms with Crippen LogP contribution in [0.25, 0.3) is 0 Å². The molecule has 0 saturated heterocycles. The SMILES string of the molecule is N#Cc1c(CBr)cc(Br)nc1C(F)F. The quantitative estimate of drug-likeness (QED) is 0.616. The molecule has 0 fully saturated rings. The highest BCUT2D eigenvalue weighted by molar-refractivity contribution is 9.10. The summed E-state index contributed by atoms with van der Waals surface area (Å²) in [6.07, 6.45) is -2.74. The number of rotatable bonds is 2. The van der Waals surface area contributed by atoms with Gasteiger partial charge in [0.1, 0.15) is 16.4 Å². The van der Waals surface area contributed by atoms with Gasteiger partial charge in [-0.1, -0.05) is 15.9 Å². The van der Waals surface area contributed by atoms with Gasteiger partial charge in [0.05, 0.1) is 5.56 Å². The molecule has 0 aliphatic heterocycles. The summed E-state index contributed by atoms with van der Waals surface area (Å²) in [4.78, 5) is 3.58. The van der Waals surface area contributed by atoms with Crippen LogP contribution < -0.4 is 0 Å². The molecule has 0 bridgehead atoms. The smallest absolute Gasteiger partial charge is 0.239 e. The van der Waals surface area contributed by atoms with Crippen LogP contribution in [0.3, 0.4) is 0 Å². The Balaban J connectivity index is 3.41. The number of hydrogen-bond donors (Lipinski definition) is 0. The topological polar surface area (TPSA) is 36.7 Å². The van der Waals surface area contributed by atoms with E-state index in [-0.39, 0.29) is 5.56 Å². The molecule has 6 heteroatoms. The largest absolute Gasteiger partial charge is 0.281 e. The second-order valence-electron chi connectivity index (χ2n) is 2.41. The fourth-order valence-electron chi connectivity index (χ4n) is 0.976. The van der Waals surface area contributed by atoms with Crippen molar-refractivity contribution in [2.45, 2.75) is 11.8 Å². The molecular weight excluding hydrogens is 322 g/mol. The normalized spacial score (nSPS) is 10.3. The molecule has 0 amide bonds. The van der Waals surface area contributed by atoms with Gasteiger partial charge in [-0.15, -0.1) is 0 Å². The van der Waals surface area contributed by atoms with Crippen LogP contribution in [0.15, 0.2) is 10.7 Å². The standard InChI is InChI=1S/C8H4Br2F2N2/c9-2-4-1-6(10)14-7(8(11)12)5(4)3-13/h1,8H,2H2. The van der Waals surface area contributed by atoms with Crippen molar-refractivity contribution in [3.05, 3.63) is 27.5 Å². The van der Waals surface area contributed by atoms with Crippen LogP contribution in [0.4, 0.5) is 8.78 Å². The van der Waals surface area contributed by atoms with Crippen molar-refractivity contribution >= 4 is 31.9 Å². The Hall–Kier alpha value is -0.540. The molecule has 0 aromatic carbocycles. The molecule has 14 heavy (non-hydrogen) atoms. The van der Waals surface area contributed by atoms with Crippen LogP contribution >= 0.6 is 31.9 Å². The number of nitrogens with zero attached hydrogens (tertiary/aromatic N) is 2. The van der Waals surface area contributed by atoms with Crippen molar-refractivity contribution in [1.29, 1.82) is 5.26 Å². The molecule has 0 spiro atoms. The third-order valence-corrected chi connectivity index (χ3v) is 2.57. The lowest BCUT2D eigenvalue weighted by Crippen LogP contribution is -2.00. The second kappa shape index (κ2) is 4.80. The van der Waals surface area contributed by atoms with Gasteiger partial charge in [0.2, 0.25) is 0 Å². The molecule has 0 radical (unpaired) electrons. The summed E-state index contributed by atoms with van der Waals surface area (Å²) in [5.41, 5.74) is -0.0268. The lowest BCUT2D eigenvalue weighted by atomic mass is 10.1. The molecule has 1 rings (SSSR count). The van der Waals surface area contributed by atoms with Crippen molar-refractivity contribution < 1.29 is 8.78 Å². The van der Waals surface area contributed by atoms with Gasteiger partial charge < -0.3 is 0 Å². The molecule has 1 aromatic heterocycles. The van der Waals surface area contributed by atoms with E-state index in [1.54, 1.807) is 12.1 Å². The molecule has 0 atom stereocenters. The van der Waals surface area contributed by atoms with E-state index in [9.17, 15) is 8.78 Å². The number of halogens is 4. The van der Waals surface area contributed by atoms with E-state index in [2.05, 4.69) is 36.8 Å². The van der Waals surface area contributed by atoms with Crippen LogP contribution in [0.1, 0.15) is 23.2 Å². The lowest BCUT2D eigenvalue weighted by Gasteiger charge is -2.06. The molecule has 0 N–H and O–H groups in total. The van der Waals surface area contributed by atoms with Crippen molar-refractivity contribution in [2.24, 2.45) is 0 Å². The summed E-state index contributed by atoms with van der Waals surface area (Å²) in [5, 5.41) is 9.05. The minimum atomic E-state index is -2.74. The highest BCUT2D eigenvalue weighted by Gasteiger charge is 2.18. The minimum Gasteiger partial charge on any atom is -0.239 e. The van der Waals surface area contributed by atoms with Gasteiger partial charge in [0.25, 0.3) is 6.43 Å². The first-order valence-electron chi connectivity index (χ1n) is 3.53. The first kappa shape index (κ1) is 11.5. The average Bonchev–Trinajstić information content (AvgIpc) is 2.16. The number of pyridine rings is 1. The van der Waals surface area contributed by atoms with Crippen LogP contribution in [0, 0.1) is 11.3 Å². The van der Waals surface area contributed by atoms with E-state index in [4.69, 9.17) is 5.26 Å². The van der Waals surface area contributed by atoms with Gasteiger partial charge >= 0.3 is 0 Å². The maximum atomic E-state index is 12.5. The molecule has 1 heterocycles. The molecule has 0 aliphatic carbocycles. The fourth-order valence-corrected chi connectivity index (χ4v) is 1.89. The van der Waals surface area contributed by atoms with Gasteiger partial charge in [-0.25, -0.2) is 13.8 Å². The zero-order chi connectivity index (χ0) is 10.7. The Bertz CT molecular complexity index is 388. The maximum Gasteiger partial charge on any atom is 0.281 e. The van der Waals surface area contributed by atoms with Crippen LogP contribution in [0.5, 0.6) is 0 Å². The Morgan fingerprint density at radius 3 is 2.64 bits per heavy atom. The van der Waals surface area contributed by atoms with Crippen molar-refractivity contribution in [3.63, 3.8) is 0 Å². The molecule has 2 nitrogen and oxygen atoms in total. The van der Waals surface area contributed by atoms with E-state index in [1.807, 2.05) is 0 Å². The summed E-state index contributed by atoms with van der Waals surface area (Å²) in [7, 11) is 0. The molecule has 74 valence electrons. The fraction of sp³-hybridized carbons (Fsp3) is 0.250. The number of hydrogen-bond acceptors (Lipinski definition) is 2. The Labute approximate surface area is 96.2 Å². The Morgan fingerprint density at radius 1 is 1.57 bits per heavy atom. The third kappa shape index (κ3) is 2.28. The summed E-state index contributed by atoms with van der Waals surface area (Å²) >= 11 is 6.13. The second-order valence-corrected chi connectivity index (χ2v) is 3.78. The van der Waals surface area contributed by atoms with Gasteiger partial charge in [-0.3, -0.25) is 0 Å². The molecule has 1 aromatic rings. The number of aromatic nitrogens is 1. The number of nitriles is 1. The minimum absolute atomic E-state index is 0.0555. The number of alkyl halides is 3. The van der Waals surface area contributed by atoms with E-state index < -0.39 is 12.1 Å². The van der Waals surface area contributed by atoms with Crippen molar-refractivity contribution in [1.82, 2.24) is 4.98 Å². The monoisotopic (exact) mass is 324 g/mol. The predicted octanol–water partition coefficient (Wildman–Crippen LogP) is 3.55. The van der Waals surface area contributed by atoms with Gasteiger partial charge in [-0.05, 0) is 27.6 Å². The van der Waals surface area contributed by atoms with E-state index in [0.717, 1.165) is 0 Å². The first-order valence-corrected chi connectivity index (χ1v) is 5.45.